The van der Waals surface area contributed by atoms with E-state index in [9.17, 15) is 4.79 Å². The molecule has 4 nitrogen and oxygen atoms in total. The lowest BCUT2D eigenvalue weighted by atomic mass is 10.0. The van der Waals surface area contributed by atoms with Crippen LogP contribution in [0.15, 0.2) is 71.8 Å². The summed E-state index contributed by atoms with van der Waals surface area (Å²) in [5.41, 5.74) is 5.69. The quantitative estimate of drug-likeness (QED) is 0.509. The second-order valence-corrected chi connectivity index (χ2v) is 6.53. The molecule has 0 aliphatic heterocycles. The van der Waals surface area contributed by atoms with Gasteiger partial charge in [-0.15, -0.1) is 0 Å². The first kappa shape index (κ1) is 17.7. The SMILES string of the molecule is CC(C)c1ccc(/C=N\NC(=O)CNc2ccc3ccccc3c2)cc1. The van der Waals surface area contributed by atoms with E-state index in [1.807, 2.05) is 42.5 Å². The minimum Gasteiger partial charge on any atom is -0.376 e. The molecule has 0 aliphatic carbocycles. The van der Waals surface area contributed by atoms with E-state index in [0.29, 0.717) is 5.92 Å². The van der Waals surface area contributed by atoms with Gasteiger partial charge in [0, 0.05) is 5.69 Å². The molecule has 1 amide bonds. The lowest BCUT2D eigenvalue weighted by Gasteiger charge is -2.07. The zero-order valence-corrected chi connectivity index (χ0v) is 15.1. The summed E-state index contributed by atoms with van der Waals surface area (Å²) < 4.78 is 0. The Morgan fingerprint density at radius 1 is 1.00 bits per heavy atom. The average Bonchev–Trinajstić information content (AvgIpc) is 2.66. The molecule has 0 saturated heterocycles. The Kier molecular flexibility index (Phi) is 5.64. The molecular weight excluding hydrogens is 322 g/mol. The smallest absolute Gasteiger partial charge is 0.259 e. The molecule has 0 bridgehead atoms. The maximum absolute atomic E-state index is 11.9. The summed E-state index contributed by atoms with van der Waals surface area (Å²) in [6.07, 6.45) is 1.65. The van der Waals surface area contributed by atoms with Crippen LogP contribution < -0.4 is 10.7 Å². The monoisotopic (exact) mass is 345 g/mol. The highest BCUT2D eigenvalue weighted by Gasteiger charge is 2.01. The summed E-state index contributed by atoms with van der Waals surface area (Å²) in [6, 6.07) is 22.3. The Hall–Kier alpha value is -3.14. The number of amides is 1. The zero-order chi connectivity index (χ0) is 18.4. The van der Waals surface area contributed by atoms with E-state index in [2.05, 4.69) is 54.0 Å². The predicted octanol–water partition coefficient (Wildman–Crippen LogP) is 4.53. The third-order valence-corrected chi connectivity index (χ3v) is 4.21. The van der Waals surface area contributed by atoms with Crippen LogP contribution in [0.25, 0.3) is 10.8 Å². The normalized spacial score (nSPS) is 11.2. The van der Waals surface area contributed by atoms with Gasteiger partial charge in [-0.3, -0.25) is 4.79 Å². The first-order chi connectivity index (χ1) is 12.6. The molecule has 3 aromatic rings. The molecule has 0 aliphatic rings. The number of fused-ring (bicyclic) bond motifs is 1. The Bertz CT molecular complexity index is 914. The van der Waals surface area contributed by atoms with Crippen molar-refractivity contribution < 1.29 is 4.79 Å². The van der Waals surface area contributed by atoms with Crippen LogP contribution >= 0.6 is 0 Å². The van der Waals surface area contributed by atoms with Gasteiger partial charge in [-0.1, -0.05) is 68.4 Å². The van der Waals surface area contributed by atoms with E-state index in [-0.39, 0.29) is 12.5 Å². The summed E-state index contributed by atoms with van der Waals surface area (Å²) >= 11 is 0. The summed E-state index contributed by atoms with van der Waals surface area (Å²) in [6.45, 7) is 4.49. The summed E-state index contributed by atoms with van der Waals surface area (Å²) in [7, 11) is 0. The van der Waals surface area contributed by atoms with E-state index in [4.69, 9.17) is 0 Å². The van der Waals surface area contributed by atoms with Gasteiger partial charge in [0.05, 0.1) is 12.8 Å². The van der Waals surface area contributed by atoms with Gasteiger partial charge in [0.1, 0.15) is 0 Å². The van der Waals surface area contributed by atoms with E-state index in [1.165, 1.54) is 10.9 Å². The highest BCUT2D eigenvalue weighted by atomic mass is 16.2. The van der Waals surface area contributed by atoms with Crippen LogP contribution in [0.5, 0.6) is 0 Å². The number of hydrogen-bond donors (Lipinski definition) is 2. The molecule has 0 spiro atoms. The predicted molar refractivity (Wildman–Crippen MR) is 109 cm³/mol. The van der Waals surface area contributed by atoms with Gasteiger partial charge < -0.3 is 5.32 Å². The minimum atomic E-state index is -0.187. The fourth-order valence-corrected chi connectivity index (χ4v) is 2.67. The van der Waals surface area contributed by atoms with Crippen molar-refractivity contribution in [2.75, 3.05) is 11.9 Å². The van der Waals surface area contributed by atoms with Crippen molar-refractivity contribution in [3.8, 4) is 0 Å². The molecule has 0 saturated carbocycles. The minimum absolute atomic E-state index is 0.169. The molecule has 0 radical (unpaired) electrons. The van der Waals surface area contributed by atoms with Gasteiger partial charge in [-0.25, -0.2) is 5.43 Å². The highest BCUT2D eigenvalue weighted by molar-refractivity contribution is 5.87. The van der Waals surface area contributed by atoms with Gasteiger partial charge in [0.15, 0.2) is 0 Å². The molecular formula is C22H23N3O. The second kappa shape index (κ2) is 8.30. The van der Waals surface area contributed by atoms with Crippen LogP contribution in [0.4, 0.5) is 5.69 Å². The number of nitrogens with one attached hydrogen (secondary N) is 2. The lowest BCUT2D eigenvalue weighted by molar-refractivity contribution is -0.119. The summed E-state index contributed by atoms with van der Waals surface area (Å²) in [4.78, 5) is 11.9. The summed E-state index contributed by atoms with van der Waals surface area (Å²) in [5.74, 6) is 0.315. The van der Waals surface area contributed by atoms with Gasteiger partial charge in [-0.2, -0.15) is 5.10 Å². The van der Waals surface area contributed by atoms with Crippen molar-refractivity contribution in [2.45, 2.75) is 19.8 Å². The molecule has 132 valence electrons. The Labute approximate surface area is 153 Å². The van der Waals surface area contributed by atoms with Crippen molar-refractivity contribution >= 4 is 28.6 Å². The van der Waals surface area contributed by atoms with Gasteiger partial charge in [-0.05, 0) is 39.9 Å². The van der Waals surface area contributed by atoms with Gasteiger partial charge in [0.2, 0.25) is 0 Å². The zero-order valence-electron chi connectivity index (χ0n) is 15.1. The molecule has 0 atom stereocenters. The van der Waals surface area contributed by atoms with Crippen LogP contribution in [-0.2, 0) is 4.79 Å². The fraction of sp³-hybridized carbons (Fsp3) is 0.182. The third-order valence-electron chi connectivity index (χ3n) is 4.21. The van der Waals surface area contributed by atoms with Crippen LogP contribution in [0.3, 0.4) is 0 Å². The maximum Gasteiger partial charge on any atom is 0.259 e. The molecule has 2 N–H and O–H groups in total. The van der Waals surface area contributed by atoms with Crippen molar-refractivity contribution in [1.29, 1.82) is 0 Å². The van der Waals surface area contributed by atoms with E-state index >= 15 is 0 Å². The molecule has 4 heteroatoms. The number of hydrogen-bond acceptors (Lipinski definition) is 3. The van der Waals surface area contributed by atoms with Crippen LogP contribution in [0.2, 0.25) is 0 Å². The van der Waals surface area contributed by atoms with Gasteiger partial charge in [0.25, 0.3) is 5.91 Å². The number of carbonyl (C=O) groups is 1. The number of benzene rings is 3. The van der Waals surface area contributed by atoms with E-state index < -0.39 is 0 Å². The molecule has 3 aromatic carbocycles. The summed E-state index contributed by atoms with van der Waals surface area (Å²) in [5, 5.41) is 9.45. The number of carbonyl (C=O) groups excluding carboxylic acids is 1. The van der Waals surface area contributed by atoms with Crippen LogP contribution in [-0.4, -0.2) is 18.7 Å². The van der Waals surface area contributed by atoms with E-state index in [0.717, 1.165) is 16.6 Å². The Morgan fingerprint density at radius 3 is 2.46 bits per heavy atom. The molecule has 0 fully saturated rings. The standard InChI is InChI=1S/C22H23N3O/c1-16(2)18-9-7-17(8-10-18)14-24-25-22(26)15-23-21-12-11-19-5-3-4-6-20(19)13-21/h3-14,16,23H,15H2,1-2H3,(H,25,26)/b24-14-. The topological polar surface area (TPSA) is 53.5 Å². The van der Waals surface area contributed by atoms with E-state index in [1.54, 1.807) is 6.21 Å². The molecule has 3 rings (SSSR count). The number of anilines is 1. The first-order valence-corrected chi connectivity index (χ1v) is 8.76. The second-order valence-electron chi connectivity index (χ2n) is 6.53. The maximum atomic E-state index is 11.9. The average molecular weight is 345 g/mol. The van der Waals surface area contributed by atoms with Crippen molar-refractivity contribution in [3.05, 3.63) is 77.9 Å². The molecule has 0 heterocycles. The number of hydrazone groups is 1. The highest BCUT2D eigenvalue weighted by Crippen LogP contribution is 2.18. The number of nitrogens with zero attached hydrogens (tertiary/aromatic N) is 1. The molecule has 0 unspecified atom stereocenters. The largest absolute Gasteiger partial charge is 0.376 e. The third kappa shape index (κ3) is 4.70. The fourth-order valence-electron chi connectivity index (χ4n) is 2.67. The Balaban J connectivity index is 1.50. The van der Waals surface area contributed by atoms with Gasteiger partial charge >= 0.3 is 0 Å². The first-order valence-electron chi connectivity index (χ1n) is 8.76. The molecule has 0 aromatic heterocycles. The van der Waals surface area contributed by atoms with Crippen molar-refractivity contribution in [3.63, 3.8) is 0 Å². The van der Waals surface area contributed by atoms with Crippen molar-refractivity contribution in [2.24, 2.45) is 5.10 Å². The van der Waals surface area contributed by atoms with Crippen LogP contribution in [0.1, 0.15) is 30.9 Å². The van der Waals surface area contributed by atoms with Crippen molar-refractivity contribution in [1.82, 2.24) is 5.43 Å². The van der Waals surface area contributed by atoms with Crippen LogP contribution in [0, 0.1) is 0 Å². The molecule has 26 heavy (non-hydrogen) atoms. The Morgan fingerprint density at radius 2 is 1.73 bits per heavy atom. The lowest BCUT2D eigenvalue weighted by Crippen LogP contribution is -2.25. The number of rotatable bonds is 6.